The number of rotatable bonds is 10. The molecule has 0 bridgehead atoms. The Kier molecular flexibility index (Phi) is 10.5. The van der Waals surface area contributed by atoms with Crippen LogP contribution in [-0.4, -0.2) is 10.8 Å². The van der Waals surface area contributed by atoms with E-state index in [1.807, 2.05) is 12.3 Å². The number of nitrogens with zero attached hydrogens (tertiary/aromatic N) is 2. The molecule has 0 amide bonds. The fourth-order valence-electron chi connectivity index (χ4n) is 9.39. The Bertz CT molecular complexity index is 3360. The fourth-order valence-corrected chi connectivity index (χ4v) is 9.39. The highest BCUT2D eigenvalue weighted by atomic mass is 15.0. The Labute approximate surface area is 375 Å². The summed E-state index contributed by atoms with van der Waals surface area (Å²) in [5, 5.41) is 2.59. The van der Waals surface area contributed by atoms with Gasteiger partial charge in [0, 0.05) is 28.2 Å². The number of hydrogen-bond acceptors (Lipinski definition) is 1. The number of allylic oxidation sites excluding steroid dienone is 2. The van der Waals surface area contributed by atoms with E-state index in [1.54, 1.807) is 0 Å². The quantitative estimate of drug-likeness (QED) is 0.122. The van der Waals surface area contributed by atoms with Gasteiger partial charge in [0.05, 0.1) is 16.7 Å². The molecule has 0 spiro atoms. The molecule has 304 valence electrons. The molecule has 1 aliphatic carbocycles. The van der Waals surface area contributed by atoms with Gasteiger partial charge in [-0.2, -0.15) is 0 Å². The third-order valence-corrected chi connectivity index (χ3v) is 12.5. The molecule has 1 heterocycles. The van der Waals surface area contributed by atoms with E-state index in [-0.39, 0.29) is 0 Å². The summed E-state index contributed by atoms with van der Waals surface area (Å²) in [6.45, 7) is 0. The van der Waals surface area contributed by atoms with E-state index in [2.05, 4.69) is 235 Å². The second-order valence-corrected chi connectivity index (χ2v) is 16.6. The number of para-hydroxylation sites is 1. The van der Waals surface area contributed by atoms with Crippen molar-refractivity contribution in [3.63, 3.8) is 0 Å². The van der Waals surface area contributed by atoms with Crippen molar-refractivity contribution in [3.05, 3.63) is 258 Å². The van der Waals surface area contributed by atoms with Gasteiger partial charge in [-0.05, 0) is 135 Å². The van der Waals surface area contributed by atoms with Crippen molar-refractivity contribution in [2.45, 2.75) is 19.3 Å². The minimum absolute atomic E-state index is 0.716. The molecule has 0 aliphatic heterocycles. The Hall–Kier alpha value is -8.07. The summed E-state index contributed by atoms with van der Waals surface area (Å²) in [6.07, 6.45) is 11.8. The molecule has 9 aromatic carbocycles. The Morgan fingerprint density at radius 3 is 1.86 bits per heavy atom. The van der Waals surface area contributed by atoms with Gasteiger partial charge in [-0.15, -0.1) is 0 Å². The van der Waals surface area contributed by atoms with Gasteiger partial charge in [0.15, 0.2) is 0 Å². The Morgan fingerprint density at radius 2 is 1.12 bits per heavy atom. The molecule has 11 rings (SSSR count). The number of hydrogen-bond donors (Lipinski definition) is 0. The van der Waals surface area contributed by atoms with Crippen LogP contribution >= 0.6 is 0 Å². The van der Waals surface area contributed by atoms with E-state index in [0.717, 1.165) is 35.2 Å². The maximum absolute atomic E-state index is 5.26. The largest absolute Gasteiger partial charge is 0.309 e. The van der Waals surface area contributed by atoms with Crippen molar-refractivity contribution >= 4 is 39.8 Å². The third-order valence-electron chi connectivity index (χ3n) is 12.5. The highest BCUT2D eigenvalue weighted by molar-refractivity contribution is 6.10. The highest BCUT2D eigenvalue weighted by Crippen LogP contribution is 2.44. The topological polar surface area (TPSA) is 17.3 Å². The lowest BCUT2D eigenvalue weighted by Crippen LogP contribution is -1.97. The van der Waals surface area contributed by atoms with Gasteiger partial charge < -0.3 is 4.57 Å². The SMILES string of the molecule is C1=Cc2cc3c(cc2CC1)c1ccc(C/C=C(\N=Cc2ccccc2)c2cccc(-c4cc(-c5ccccc5)cc(-c5ccccc5)c4-c4ccccc4)c2)cc1n3-c1ccccc1. The molecule has 0 atom stereocenters. The van der Waals surface area contributed by atoms with Crippen molar-refractivity contribution in [2.75, 3.05) is 0 Å². The predicted molar refractivity (Wildman–Crippen MR) is 272 cm³/mol. The molecule has 0 saturated carbocycles. The van der Waals surface area contributed by atoms with Gasteiger partial charge in [-0.25, -0.2) is 0 Å². The smallest absolute Gasteiger partial charge is 0.0665 e. The molecule has 10 aromatic rings. The molecule has 0 N–H and O–H groups in total. The maximum atomic E-state index is 5.26. The predicted octanol–water partition coefficient (Wildman–Crippen LogP) is 16.1. The lowest BCUT2D eigenvalue weighted by Gasteiger charge is -2.19. The van der Waals surface area contributed by atoms with E-state index in [4.69, 9.17) is 4.99 Å². The molecule has 1 aromatic heterocycles. The van der Waals surface area contributed by atoms with Crippen LogP contribution in [0.25, 0.3) is 83.8 Å². The van der Waals surface area contributed by atoms with Crippen LogP contribution in [0.1, 0.15) is 34.2 Å². The summed E-state index contributed by atoms with van der Waals surface area (Å²) in [4.78, 5) is 5.26. The first-order chi connectivity index (χ1) is 31.7. The van der Waals surface area contributed by atoms with Crippen molar-refractivity contribution in [3.8, 4) is 50.2 Å². The average Bonchev–Trinajstić information content (AvgIpc) is 3.68. The van der Waals surface area contributed by atoms with Crippen molar-refractivity contribution in [2.24, 2.45) is 4.99 Å². The molecule has 64 heavy (non-hydrogen) atoms. The first-order valence-corrected chi connectivity index (χ1v) is 22.3. The Balaban J connectivity index is 1.06. The second kappa shape index (κ2) is 17.4. The van der Waals surface area contributed by atoms with Gasteiger partial charge >= 0.3 is 0 Å². The van der Waals surface area contributed by atoms with Crippen LogP contribution in [0.3, 0.4) is 0 Å². The maximum Gasteiger partial charge on any atom is 0.0665 e. The molecule has 1 aliphatic rings. The third kappa shape index (κ3) is 7.72. The van der Waals surface area contributed by atoms with Crippen molar-refractivity contribution < 1.29 is 0 Å². The number of aliphatic imine (C=N–C) groups is 1. The molecule has 0 unspecified atom stereocenters. The number of benzene rings is 9. The van der Waals surface area contributed by atoms with Gasteiger partial charge in [0.1, 0.15) is 0 Å². The number of aromatic nitrogens is 1. The van der Waals surface area contributed by atoms with Gasteiger partial charge in [0.25, 0.3) is 0 Å². The molecule has 0 saturated heterocycles. The monoisotopic (exact) mass is 818 g/mol. The molecule has 2 heteroatoms. The van der Waals surface area contributed by atoms with E-state index in [9.17, 15) is 0 Å². The van der Waals surface area contributed by atoms with Crippen LogP contribution in [0, 0.1) is 0 Å². The zero-order valence-electron chi connectivity index (χ0n) is 35.6. The van der Waals surface area contributed by atoms with Gasteiger partial charge in [-0.3, -0.25) is 4.99 Å². The van der Waals surface area contributed by atoms with Crippen LogP contribution in [0.4, 0.5) is 0 Å². The zero-order chi connectivity index (χ0) is 42.7. The number of aryl methyl sites for hydroxylation is 1. The lowest BCUT2D eigenvalue weighted by molar-refractivity contribution is 0.988. The highest BCUT2D eigenvalue weighted by Gasteiger charge is 2.19. The fraction of sp³-hybridized carbons (Fsp3) is 0.0484. The summed E-state index contributed by atoms with van der Waals surface area (Å²) >= 11 is 0. The summed E-state index contributed by atoms with van der Waals surface area (Å²) < 4.78 is 2.44. The molecular weight excluding hydrogens is 773 g/mol. The molecular formula is C62H46N2. The van der Waals surface area contributed by atoms with Crippen molar-refractivity contribution in [1.82, 2.24) is 4.57 Å². The van der Waals surface area contributed by atoms with Crippen LogP contribution in [-0.2, 0) is 12.8 Å². The van der Waals surface area contributed by atoms with E-state index >= 15 is 0 Å². The Morgan fingerprint density at radius 1 is 0.500 bits per heavy atom. The second-order valence-electron chi connectivity index (χ2n) is 16.6. The standard InChI is InChI=1S/C62H46N2/c1-6-19-45(20-7-1)43-63-59(36-34-44-33-35-55-58-39-49-27-16-17-28-50(49)42-61(58)64(60(55)37-44)54-31-14-5-15-32-54)52-30-18-29-51(38-52)57-41-53(46-21-8-2-9-22-46)40-56(47-23-10-3-11-24-47)62(57)48-25-12-4-13-26-48/h1-15,17-26,28-33,35-43H,16,27,34H2/b59-36-,63-43?. The van der Waals surface area contributed by atoms with Crippen molar-refractivity contribution in [1.29, 1.82) is 0 Å². The van der Waals surface area contributed by atoms with Gasteiger partial charge in [0.2, 0.25) is 0 Å². The molecule has 0 radical (unpaired) electrons. The lowest BCUT2D eigenvalue weighted by atomic mass is 9.84. The summed E-state index contributed by atoms with van der Waals surface area (Å²) in [6, 6.07) is 79.0. The zero-order valence-corrected chi connectivity index (χ0v) is 35.6. The average molecular weight is 819 g/mol. The van der Waals surface area contributed by atoms with Crippen LogP contribution in [0.5, 0.6) is 0 Å². The van der Waals surface area contributed by atoms with E-state index in [1.165, 1.54) is 83.1 Å². The van der Waals surface area contributed by atoms with Crippen LogP contribution in [0.15, 0.2) is 236 Å². The van der Waals surface area contributed by atoms with Crippen LogP contribution in [0.2, 0.25) is 0 Å². The summed E-state index contributed by atoms with van der Waals surface area (Å²) in [7, 11) is 0. The summed E-state index contributed by atoms with van der Waals surface area (Å²) in [5.41, 5.74) is 20.1. The molecule has 2 nitrogen and oxygen atoms in total. The number of fused-ring (bicyclic) bond motifs is 4. The minimum atomic E-state index is 0.716. The summed E-state index contributed by atoms with van der Waals surface area (Å²) in [5.74, 6) is 0. The molecule has 0 fully saturated rings. The first kappa shape index (κ1) is 38.8. The normalized spacial score (nSPS) is 12.6. The van der Waals surface area contributed by atoms with E-state index in [0.29, 0.717) is 6.42 Å². The van der Waals surface area contributed by atoms with Crippen LogP contribution < -0.4 is 0 Å². The minimum Gasteiger partial charge on any atom is -0.309 e. The van der Waals surface area contributed by atoms with E-state index < -0.39 is 0 Å². The first-order valence-electron chi connectivity index (χ1n) is 22.3. The van der Waals surface area contributed by atoms with Gasteiger partial charge in [-0.1, -0.05) is 188 Å².